The third-order valence-corrected chi connectivity index (χ3v) is 4.85. The van der Waals surface area contributed by atoms with Gasteiger partial charge in [0, 0.05) is 17.3 Å². The minimum atomic E-state index is -0.575. The van der Waals surface area contributed by atoms with Gasteiger partial charge in [0.1, 0.15) is 11.5 Å². The molecule has 146 valence electrons. The summed E-state index contributed by atoms with van der Waals surface area (Å²) >= 11 is 5.79. The van der Waals surface area contributed by atoms with E-state index in [9.17, 15) is 14.0 Å². The van der Waals surface area contributed by atoms with Gasteiger partial charge in [-0.2, -0.15) is 0 Å². The highest BCUT2D eigenvalue weighted by Crippen LogP contribution is 2.28. The zero-order valence-corrected chi connectivity index (χ0v) is 16.2. The van der Waals surface area contributed by atoms with E-state index in [2.05, 4.69) is 5.32 Å². The van der Waals surface area contributed by atoms with Gasteiger partial charge in [-0.05, 0) is 42.6 Å². The fourth-order valence-corrected chi connectivity index (χ4v) is 3.46. The highest BCUT2D eigenvalue weighted by molar-refractivity contribution is 6.31. The number of nitrogens with zero attached hydrogens (tertiary/aromatic N) is 1. The van der Waals surface area contributed by atoms with Crippen LogP contribution in [0.15, 0.2) is 60.8 Å². The molecule has 1 amide bonds. The van der Waals surface area contributed by atoms with Crippen molar-refractivity contribution in [3.63, 3.8) is 0 Å². The predicted molar refractivity (Wildman–Crippen MR) is 110 cm³/mol. The molecule has 0 saturated carbocycles. The molecule has 0 fully saturated rings. The van der Waals surface area contributed by atoms with Crippen LogP contribution in [0.1, 0.15) is 27.8 Å². The molecule has 5 nitrogen and oxygen atoms in total. The van der Waals surface area contributed by atoms with Gasteiger partial charge in [0.15, 0.2) is 0 Å². The average Bonchev–Trinajstić information content (AvgIpc) is 3.11. The van der Waals surface area contributed by atoms with E-state index < -0.39 is 17.7 Å². The molecule has 0 atom stereocenters. The Balaban J connectivity index is 1.85. The van der Waals surface area contributed by atoms with Crippen LogP contribution in [-0.4, -0.2) is 22.9 Å². The summed E-state index contributed by atoms with van der Waals surface area (Å²) in [6, 6.07) is 14.9. The second-order valence-electron chi connectivity index (χ2n) is 6.37. The van der Waals surface area contributed by atoms with E-state index in [1.807, 2.05) is 30.3 Å². The highest BCUT2D eigenvalue weighted by atomic mass is 35.5. The SMILES string of the molecule is CCOC(=O)c1cc(C(=O)Nc2ccc(F)c(Cl)c2)n2ccc3ccccc3c12. The molecule has 0 radical (unpaired) electrons. The third kappa shape index (κ3) is 3.43. The molecule has 0 spiro atoms. The Labute approximate surface area is 170 Å². The van der Waals surface area contributed by atoms with E-state index in [-0.39, 0.29) is 17.3 Å². The molecule has 29 heavy (non-hydrogen) atoms. The zero-order valence-electron chi connectivity index (χ0n) is 15.4. The summed E-state index contributed by atoms with van der Waals surface area (Å²) in [5.41, 5.74) is 1.47. The predicted octanol–water partition coefficient (Wildman–Crippen LogP) is 5.31. The van der Waals surface area contributed by atoms with E-state index in [0.717, 1.165) is 10.8 Å². The fourth-order valence-electron chi connectivity index (χ4n) is 3.28. The van der Waals surface area contributed by atoms with Gasteiger partial charge in [-0.15, -0.1) is 0 Å². The van der Waals surface area contributed by atoms with Gasteiger partial charge >= 0.3 is 5.97 Å². The number of hydrogen-bond acceptors (Lipinski definition) is 3. The topological polar surface area (TPSA) is 59.8 Å². The number of aromatic nitrogens is 1. The van der Waals surface area contributed by atoms with Crippen LogP contribution in [0.5, 0.6) is 0 Å². The Hall–Kier alpha value is -3.38. The largest absolute Gasteiger partial charge is 0.462 e. The van der Waals surface area contributed by atoms with Crippen LogP contribution in [0.4, 0.5) is 10.1 Å². The minimum absolute atomic E-state index is 0.0963. The Bertz CT molecular complexity index is 1270. The van der Waals surface area contributed by atoms with Crippen molar-refractivity contribution in [2.24, 2.45) is 0 Å². The Morgan fingerprint density at radius 1 is 1.14 bits per heavy atom. The number of esters is 1. The Morgan fingerprint density at radius 2 is 1.93 bits per heavy atom. The lowest BCUT2D eigenvalue weighted by Crippen LogP contribution is -2.14. The van der Waals surface area contributed by atoms with Crippen molar-refractivity contribution in [2.45, 2.75) is 6.92 Å². The van der Waals surface area contributed by atoms with Crippen LogP contribution >= 0.6 is 11.6 Å². The van der Waals surface area contributed by atoms with Crippen molar-refractivity contribution < 1.29 is 18.7 Å². The van der Waals surface area contributed by atoms with E-state index in [1.54, 1.807) is 17.5 Å². The number of anilines is 1. The lowest BCUT2D eigenvalue weighted by molar-refractivity contribution is 0.0529. The quantitative estimate of drug-likeness (QED) is 0.463. The smallest absolute Gasteiger partial charge is 0.340 e. The van der Waals surface area contributed by atoms with E-state index in [0.29, 0.717) is 16.8 Å². The molecule has 0 saturated heterocycles. The number of carbonyl (C=O) groups excluding carboxylic acids is 2. The van der Waals surface area contributed by atoms with Crippen molar-refractivity contribution in [3.8, 4) is 0 Å². The Morgan fingerprint density at radius 3 is 2.69 bits per heavy atom. The number of ether oxygens (including phenoxy) is 1. The summed E-state index contributed by atoms with van der Waals surface area (Å²) in [5.74, 6) is -1.55. The van der Waals surface area contributed by atoms with E-state index in [1.165, 1.54) is 24.3 Å². The number of halogens is 2. The number of hydrogen-bond donors (Lipinski definition) is 1. The number of carbonyl (C=O) groups is 2. The first kappa shape index (κ1) is 19.0. The summed E-state index contributed by atoms with van der Waals surface area (Å²) in [7, 11) is 0. The number of nitrogens with one attached hydrogen (secondary N) is 1. The monoisotopic (exact) mass is 410 g/mol. The van der Waals surface area contributed by atoms with Crippen LogP contribution in [0, 0.1) is 5.82 Å². The average molecular weight is 411 g/mol. The van der Waals surface area contributed by atoms with Gasteiger partial charge in [0.25, 0.3) is 5.91 Å². The van der Waals surface area contributed by atoms with Crippen molar-refractivity contribution >= 4 is 45.5 Å². The van der Waals surface area contributed by atoms with Gasteiger partial charge in [-0.3, -0.25) is 4.79 Å². The number of rotatable bonds is 4. The van der Waals surface area contributed by atoms with E-state index >= 15 is 0 Å². The van der Waals surface area contributed by atoms with Crippen molar-refractivity contribution in [1.82, 2.24) is 4.40 Å². The standard InChI is InChI=1S/C22H16ClFN2O3/c1-2-29-22(28)16-12-19(21(27)25-14-7-8-18(24)17(23)11-14)26-10-9-13-5-3-4-6-15(13)20(16)26/h3-12H,2H2,1H3,(H,25,27). The van der Waals surface area contributed by atoms with E-state index in [4.69, 9.17) is 16.3 Å². The van der Waals surface area contributed by atoms with Crippen LogP contribution in [0.25, 0.3) is 16.3 Å². The number of benzene rings is 2. The maximum absolute atomic E-state index is 13.4. The molecule has 0 unspecified atom stereocenters. The van der Waals surface area contributed by atoms with Gasteiger partial charge in [0.2, 0.25) is 0 Å². The molecule has 2 heterocycles. The van der Waals surface area contributed by atoms with Crippen molar-refractivity contribution in [3.05, 3.63) is 82.9 Å². The Kier molecular flexibility index (Phi) is 4.94. The molecular weight excluding hydrogens is 395 g/mol. The van der Waals surface area contributed by atoms with Crippen LogP contribution < -0.4 is 5.32 Å². The third-order valence-electron chi connectivity index (χ3n) is 4.56. The molecule has 2 aromatic heterocycles. The normalized spacial score (nSPS) is 11.0. The highest BCUT2D eigenvalue weighted by Gasteiger charge is 2.22. The lowest BCUT2D eigenvalue weighted by atomic mass is 10.1. The van der Waals surface area contributed by atoms with Crippen LogP contribution in [0.2, 0.25) is 5.02 Å². The second-order valence-corrected chi connectivity index (χ2v) is 6.78. The van der Waals surface area contributed by atoms with Gasteiger partial charge in [0.05, 0.1) is 22.7 Å². The maximum atomic E-state index is 13.4. The molecule has 7 heteroatoms. The molecular formula is C22H16ClFN2O3. The van der Waals surface area contributed by atoms with Crippen LogP contribution in [0.3, 0.4) is 0 Å². The first-order chi connectivity index (χ1) is 14.0. The summed E-state index contributed by atoms with van der Waals surface area (Å²) < 4.78 is 20.2. The molecule has 0 aliphatic carbocycles. The maximum Gasteiger partial charge on any atom is 0.340 e. The first-order valence-corrected chi connectivity index (χ1v) is 9.33. The molecule has 0 aliphatic heterocycles. The van der Waals surface area contributed by atoms with Crippen LogP contribution in [-0.2, 0) is 4.74 Å². The van der Waals surface area contributed by atoms with Crippen molar-refractivity contribution in [2.75, 3.05) is 11.9 Å². The number of pyridine rings is 1. The zero-order chi connectivity index (χ0) is 20.5. The minimum Gasteiger partial charge on any atom is -0.462 e. The number of fused-ring (bicyclic) bond motifs is 3. The molecule has 1 N–H and O–H groups in total. The molecule has 4 rings (SSSR count). The summed E-state index contributed by atoms with van der Waals surface area (Å²) in [5, 5.41) is 4.34. The second kappa shape index (κ2) is 7.56. The lowest BCUT2D eigenvalue weighted by Gasteiger charge is -2.08. The molecule has 0 bridgehead atoms. The number of amides is 1. The summed E-state index contributed by atoms with van der Waals surface area (Å²) in [6.07, 6.45) is 1.73. The molecule has 4 aromatic rings. The van der Waals surface area contributed by atoms with Crippen molar-refractivity contribution in [1.29, 1.82) is 0 Å². The molecule has 2 aromatic carbocycles. The summed E-state index contributed by atoms with van der Waals surface area (Å²) in [4.78, 5) is 25.5. The first-order valence-electron chi connectivity index (χ1n) is 8.96. The fraction of sp³-hybridized carbons (Fsp3) is 0.0909. The van der Waals surface area contributed by atoms with Gasteiger partial charge in [-0.25, -0.2) is 9.18 Å². The van der Waals surface area contributed by atoms with Gasteiger partial charge in [-0.1, -0.05) is 35.9 Å². The van der Waals surface area contributed by atoms with Gasteiger partial charge < -0.3 is 14.5 Å². The molecule has 0 aliphatic rings. The summed E-state index contributed by atoms with van der Waals surface area (Å²) in [6.45, 7) is 1.94.